The highest BCUT2D eigenvalue weighted by Gasteiger charge is 2.03. The van der Waals surface area contributed by atoms with E-state index in [4.69, 9.17) is 17.4 Å². The predicted molar refractivity (Wildman–Crippen MR) is 82.3 cm³/mol. The summed E-state index contributed by atoms with van der Waals surface area (Å²) in [6.45, 7) is 2.86. The number of nitrogens with one attached hydrogen (secondary N) is 2. The summed E-state index contributed by atoms with van der Waals surface area (Å²) in [6, 6.07) is 5.75. The van der Waals surface area contributed by atoms with Gasteiger partial charge in [0.05, 0.1) is 10.7 Å². The maximum atomic E-state index is 6.10. The molecule has 4 nitrogen and oxygen atoms in total. The van der Waals surface area contributed by atoms with Crippen LogP contribution in [0.5, 0.6) is 0 Å². The Bertz CT molecular complexity index is 395. The van der Waals surface area contributed by atoms with Gasteiger partial charge in [0.25, 0.3) is 0 Å². The van der Waals surface area contributed by atoms with Crippen LogP contribution in [-0.2, 0) is 0 Å². The summed E-state index contributed by atoms with van der Waals surface area (Å²) in [6.07, 6.45) is 2.14. The maximum absolute atomic E-state index is 6.10. The summed E-state index contributed by atoms with van der Waals surface area (Å²) in [5.74, 6) is 5.92. The Morgan fingerprint density at radius 1 is 1.53 bits per heavy atom. The molecule has 1 aromatic carbocycles. The first kappa shape index (κ1) is 14.5. The van der Waals surface area contributed by atoms with Gasteiger partial charge >= 0.3 is 0 Å². The smallest absolute Gasteiger partial charge is 0.210 e. The van der Waals surface area contributed by atoms with E-state index in [2.05, 4.69) is 45.2 Å². The Balaban J connectivity index is 2.70. The fourth-order valence-electron chi connectivity index (χ4n) is 1.19. The summed E-state index contributed by atoms with van der Waals surface area (Å²) < 4.78 is 1.09. The second-order valence-corrected chi connectivity index (χ2v) is 5.13. The third kappa shape index (κ3) is 5.10. The molecule has 0 aliphatic rings. The first-order chi connectivity index (χ1) is 8.17. The number of halogens is 2. The lowest BCUT2D eigenvalue weighted by Gasteiger charge is -2.10. The lowest BCUT2D eigenvalue weighted by atomic mass is 10.3. The molecule has 0 aliphatic heterocycles. The number of guanidine groups is 1. The van der Waals surface area contributed by atoms with Crippen LogP contribution in [0.25, 0.3) is 0 Å². The zero-order valence-corrected chi connectivity index (χ0v) is 12.5. The number of hydrazine groups is 1. The summed E-state index contributed by atoms with van der Waals surface area (Å²) in [7, 11) is 0. The Kier molecular flexibility index (Phi) is 6.61. The highest BCUT2D eigenvalue weighted by molar-refractivity contribution is 14.1. The van der Waals surface area contributed by atoms with Crippen LogP contribution in [0.3, 0.4) is 0 Å². The van der Waals surface area contributed by atoms with Crippen LogP contribution < -0.4 is 16.6 Å². The number of aliphatic imine (C=N–C) groups is 1. The molecular formula is C11H16ClIN4. The van der Waals surface area contributed by atoms with Crippen molar-refractivity contribution in [3.63, 3.8) is 0 Å². The standard InChI is InChI=1S/C11H16ClIN4/c1-2-3-6-15-11(17-14)16-10-5-4-8(13)7-9(10)12/h4-5,7H,2-3,6,14H2,1H3,(H2,15,16,17). The quantitative estimate of drug-likeness (QED) is 0.192. The maximum Gasteiger partial charge on any atom is 0.210 e. The number of nitrogens with two attached hydrogens (primary N) is 1. The van der Waals surface area contributed by atoms with Gasteiger partial charge in [0, 0.05) is 10.1 Å². The Labute approximate surface area is 120 Å². The summed E-state index contributed by atoms with van der Waals surface area (Å²) in [4.78, 5) is 4.30. The van der Waals surface area contributed by atoms with E-state index < -0.39 is 0 Å². The molecule has 6 heteroatoms. The van der Waals surface area contributed by atoms with Crippen molar-refractivity contribution >= 4 is 45.8 Å². The van der Waals surface area contributed by atoms with Gasteiger partial charge in [-0.3, -0.25) is 10.4 Å². The van der Waals surface area contributed by atoms with E-state index in [0.717, 1.165) is 28.6 Å². The number of unbranched alkanes of at least 4 members (excludes halogenated alkanes) is 1. The van der Waals surface area contributed by atoms with Crippen molar-refractivity contribution < 1.29 is 0 Å². The van der Waals surface area contributed by atoms with Crippen LogP contribution in [0, 0.1) is 3.57 Å². The van der Waals surface area contributed by atoms with Crippen LogP contribution in [-0.4, -0.2) is 12.5 Å². The van der Waals surface area contributed by atoms with Crippen molar-refractivity contribution in [3.05, 3.63) is 26.8 Å². The molecule has 0 spiro atoms. The average molecular weight is 367 g/mol. The number of hydrogen-bond donors (Lipinski definition) is 3. The summed E-state index contributed by atoms with van der Waals surface area (Å²) in [5.41, 5.74) is 3.32. The largest absolute Gasteiger partial charge is 0.324 e. The molecule has 0 fully saturated rings. The van der Waals surface area contributed by atoms with Crippen molar-refractivity contribution in [3.8, 4) is 0 Å². The highest BCUT2D eigenvalue weighted by Crippen LogP contribution is 2.23. The van der Waals surface area contributed by atoms with E-state index in [1.807, 2.05) is 18.2 Å². The fourth-order valence-corrected chi connectivity index (χ4v) is 2.09. The topological polar surface area (TPSA) is 62.4 Å². The normalized spacial score (nSPS) is 11.4. The number of nitrogens with zero attached hydrogens (tertiary/aromatic N) is 1. The van der Waals surface area contributed by atoms with Gasteiger partial charge in [-0.2, -0.15) is 0 Å². The van der Waals surface area contributed by atoms with Gasteiger partial charge in [-0.25, -0.2) is 5.84 Å². The first-order valence-corrected chi connectivity index (χ1v) is 6.86. The van der Waals surface area contributed by atoms with Crippen molar-refractivity contribution in [1.29, 1.82) is 0 Å². The van der Waals surface area contributed by atoms with Crippen LogP contribution in [0.15, 0.2) is 23.2 Å². The Hall–Kier alpha value is -0.530. The number of anilines is 1. The molecule has 0 radical (unpaired) electrons. The molecule has 4 N–H and O–H groups in total. The van der Waals surface area contributed by atoms with Crippen LogP contribution >= 0.6 is 34.2 Å². The van der Waals surface area contributed by atoms with Gasteiger partial charge in [-0.05, 0) is 47.2 Å². The molecule has 17 heavy (non-hydrogen) atoms. The van der Waals surface area contributed by atoms with Crippen molar-refractivity contribution in [2.24, 2.45) is 10.8 Å². The molecule has 0 aliphatic carbocycles. The van der Waals surface area contributed by atoms with E-state index in [-0.39, 0.29) is 0 Å². The summed E-state index contributed by atoms with van der Waals surface area (Å²) in [5, 5.41) is 3.71. The molecular weight excluding hydrogens is 351 g/mol. The van der Waals surface area contributed by atoms with E-state index in [1.165, 1.54) is 0 Å². The monoisotopic (exact) mass is 366 g/mol. The minimum atomic E-state index is 0.529. The lowest BCUT2D eigenvalue weighted by Crippen LogP contribution is -2.36. The minimum Gasteiger partial charge on any atom is -0.324 e. The molecule has 0 atom stereocenters. The van der Waals surface area contributed by atoms with Crippen molar-refractivity contribution in [2.75, 3.05) is 11.9 Å². The van der Waals surface area contributed by atoms with E-state index in [0.29, 0.717) is 11.0 Å². The Morgan fingerprint density at radius 2 is 2.29 bits per heavy atom. The molecule has 0 unspecified atom stereocenters. The van der Waals surface area contributed by atoms with E-state index >= 15 is 0 Å². The Morgan fingerprint density at radius 3 is 2.88 bits per heavy atom. The zero-order chi connectivity index (χ0) is 12.7. The van der Waals surface area contributed by atoms with Gasteiger partial charge in [-0.1, -0.05) is 24.9 Å². The number of hydrogen-bond acceptors (Lipinski definition) is 2. The van der Waals surface area contributed by atoms with Crippen LogP contribution in [0.4, 0.5) is 5.69 Å². The average Bonchev–Trinajstić information content (AvgIpc) is 2.31. The van der Waals surface area contributed by atoms with Gasteiger partial charge in [0.2, 0.25) is 5.96 Å². The molecule has 0 saturated carbocycles. The summed E-state index contributed by atoms with van der Waals surface area (Å²) >= 11 is 8.31. The van der Waals surface area contributed by atoms with Crippen LogP contribution in [0.1, 0.15) is 19.8 Å². The van der Waals surface area contributed by atoms with E-state index in [9.17, 15) is 0 Å². The SMILES string of the molecule is CCCCN=C(NN)Nc1ccc(I)cc1Cl. The minimum absolute atomic E-state index is 0.529. The lowest BCUT2D eigenvalue weighted by molar-refractivity contribution is 0.801. The number of rotatable bonds is 4. The molecule has 94 valence electrons. The van der Waals surface area contributed by atoms with E-state index in [1.54, 1.807) is 0 Å². The second-order valence-electron chi connectivity index (χ2n) is 3.48. The van der Waals surface area contributed by atoms with Gasteiger partial charge < -0.3 is 5.32 Å². The molecule has 1 rings (SSSR count). The predicted octanol–water partition coefficient (Wildman–Crippen LogP) is 2.98. The molecule has 1 aromatic rings. The fraction of sp³-hybridized carbons (Fsp3) is 0.364. The van der Waals surface area contributed by atoms with Crippen LogP contribution in [0.2, 0.25) is 5.02 Å². The third-order valence-corrected chi connectivity index (χ3v) is 3.09. The highest BCUT2D eigenvalue weighted by atomic mass is 127. The third-order valence-electron chi connectivity index (χ3n) is 2.10. The first-order valence-electron chi connectivity index (χ1n) is 5.40. The van der Waals surface area contributed by atoms with Crippen molar-refractivity contribution in [1.82, 2.24) is 5.43 Å². The molecule has 0 bridgehead atoms. The molecule has 0 aromatic heterocycles. The van der Waals surface area contributed by atoms with Crippen molar-refractivity contribution in [2.45, 2.75) is 19.8 Å². The molecule has 0 heterocycles. The number of benzene rings is 1. The van der Waals surface area contributed by atoms with Gasteiger partial charge in [0.1, 0.15) is 0 Å². The molecule has 0 amide bonds. The van der Waals surface area contributed by atoms with Gasteiger partial charge in [-0.15, -0.1) is 0 Å². The van der Waals surface area contributed by atoms with Gasteiger partial charge in [0.15, 0.2) is 0 Å². The second kappa shape index (κ2) is 7.73. The zero-order valence-electron chi connectivity index (χ0n) is 9.63. The molecule has 0 saturated heterocycles.